The molecule has 1 aliphatic heterocycles. The molecule has 41 heavy (non-hydrogen) atoms. The van der Waals surface area contributed by atoms with Gasteiger partial charge in [0.15, 0.2) is 5.78 Å². The van der Waals surface area contributed by atoms with E-state index in [0.717, 1.165) is 5.52 Å². The Bertz CT molecular complexity index is 1640. The number of phenolic OH excluding ortho intramolecular Hbond substituents is 1. The van der Waals surface area contributed by atoms with E-state index in [4.69, 9.17) is 9.47 Å². The maximum absolute atomic E-state index is 13.6. The summed E-state index contributed by atoms with van der Waals surface area (Å²) in [5.41, 5.74) is -1.73. The van der Waals surface area contributed by atoms with E-state index in [0.29, 0.717) is 21.4 Å². The predicted octanol–water partition coefficient (Wildman–Crippen LogP) is 5.34. The topological polar surface area (TPSA) is 149 Å². The molecule has 3 aromatic carbocycles. The van der Waals surface area contributed by atoms with E-state index < -0.39 is 35.9 Å². The third-order valence-corrected chi connectivity index (χ3v) is 6.83. The quantitative estimate of drug-likeness (QED) is 0.232. The number of carboxylic acids is 1. The number of aromatic hydroxyl groups is 1. The standard InChI is InChI=1S/C31H30N2O8/c1-30(2,3)41-29(38)33(31(39,28(36)37)16-19-17-32-24-7-5-4-6-22(19)24)20-10-13-23-25(35)15-26(40-27(23)14-20)18-8-11-21(34)12-9-18/h4-14,17,26,32,34,39H,15-16H2,1-3H3,(H,36,37). The number of rotatable bonds is 6. The number of anilines is 1. The van der Waals surface area contributed by atoms with Crippen molar-refractivity contribution in [1.29, 1.82) is 0 Å². The van der Waals surface area contributed by atoms with Crippen molar-refractivity contribution in [2.75, 3.05) is 4.90 Å². The second kappa shape index (κ2) is 10.3. The zero-order valence-corrected chi connectivity index (χ0v) is 22.7. The molecular formula is C31H30N2O8. The van der Waals surface area contributed by atoms with E-state index in [1.165, 1.54) is 30.3 Å². The molecule has 2 atom stereocenters. The molecule has 5 rings (SSSR count). The highest BCUT2D eigenvalue weighted by Gasteiger charge is 2.49. The third kappa shape index (κ3) is 5.46. The van der Waals surface area contributed by atoms with E-state index >= 15 is 0 Å². The van der Waals surface area contributed by atoms with Crippen LogP contribution in [0.1, 0.15) is 54.8 Å². The van der Waals surface area contributed by atoms with Gasteiger partial charge in [0.1, 0.15) is 23.2 Å². The van der Waals surface area contributed by atoms with Gasteiger partial charge < -0.3 is 29.8 Å². The average molecular weight is 559 g/mol. The molecule has 1 aliphatic rings. The number of phenols is 1. The molecule has 0 radical (unpaired) electrons. The monoisotopic (exact) mass is 558 g/mol. The van der Waals surface area contributed by atoms with Gasteiger partial charge in [-0.15, -0.1) is 0 Å². The molecule has 0 spiro atoms. The minimum atomic E-state index is -2.78. The Morgan fingerprint density at radius 3 is 2.46 bits per heavy atom. The van der Waals surface area contributed by atoms with E-state index in [-0.39, 0.29) is 35.0 Å². The summed E-state index contributed by atoms with van der Waals surface area (Å²) in [6.07, 6.45) is -0.613. The highest BCUT2D eigenvalue weighted by atomic mass is 16.6. The van der Waals surface area contributed by atoms with Gasteiger partial charge in [0.2, 0.25) is 0 Å². The molecule has 0 saturated heterocycles. The number of aromatic nitrogens is 1. The van der Waals surface area contributed by atoms with Gasteiger partial charge in [-0.05, 0) is 62.2 Å². The van der Waals surface area contributed by atoms with Crippen molar-refractivity contribution in [2.45, 2.75) is 51.0 Å². The number of Topliss-reactive ketones (excluding diaryl/α,β-unsaturated/α-hetero) is 1. The molecule has 0 fully saturated rings. The zero-order valence-electron chi connectivity index (χ0n) is 22.7. The molecule has 0 saturated carbocycles. The largest absolute Gasteiger partial charge is 0.508 e. The molecule has 0 bridgehead atoms. The number of carbonyl (C=O) groups is 3. The van der Waals surface area contributed by atoms with Gasteiger partial charge in [-0.3, -0.25) is 4.79 Å². The minimum absolute atomic E-state index is 0.0399. The number of amides is 1. The number of nitrogens with zero attached hydrogens (tertiary/aromatic N) is 1. The first kappa shape index (κ1) is 27.7. The van der Waals surface area contributed by atoms with Crippen molar-refractivity contribution in [3.63, 3.8) is 0 Å². The first-order valence-electron chi connectivity index (χ1n) is 13.0. The normalized spacial score (nSPS) is 16.4. The van der Waals surface area contributed by atoms with E-state index in [9.17, 15) is 29.7 Å². The number of ketones is 1. The van der Waals surface area contributed by atoms with Crippen LogP contribution >= 0.6 is 0 Å². The molecule has 10 heteroatoms. The van der Waals surface area contributed by atoms with Gasteiger partial charge in [-0.2, -0.15) is 0 Å². The lowest BCUT2D eigenvalue weighted by molar-refractivity contribution is -0.158. The third-order valence-electron chi connectivity index (χ3n) is 6.83. The van der Waals surface area contributed by atoms with E-state index in [1.54, 1.807) is 51.2 Å². The van der Waals surface area contributed by atoms with Crippen LogP contribution in [0.5, 0.6) is 11.5 Å². The van der Waals surface area contributed by atoms with Crippen LogP contribution in [0.15, 0.2) is 72.9 Å². The summed E-state index contributed by atoms with van der Waals surface area (Å²) in [4.78, 5) is 43.1. The Labute approximate surface area is 235 Å². The molecule has 10 nitrogen and oxygen atoms in total. The van der Waals surface area contributed by atoms with Crippen LogP contribution < -0.4 is 9.64 Å². The summed E-state index contributed by atoms with van der Waals surface area (Å²) >= 11 is 0. The maximum Gasteiger partial charge on any atom is 0.417 e. The lowest BCUT2D eigenvalue weighted by atomic mass is 9.95. The van der Waals surface area contributed by atoms with Gasteiger partial charge in [0.25, 0.3) is 5.72 Å². The first-order valence-corrected chi connectivity index (χ1v) is 13.0. The second-order valence-electron chi connectivity index (χ2n) is 11.0. The number of benzene rings is 3. The number of carbonyl (C=O) groups excluding carboxylic acids is 2. The molecule has 2 heterocycles. The molecule has 2 unspecified atom stereocenters. The number of ether oxygens (including phenoxy) is 2. The number of aromatic amines is 1. The first-order chi connectivity index (χ1) is 19.4. The summed E-state index contributed by atoms with van der Waals surface area (Å²) in [6.45, 7) is 4.87. The molecule has 4 aromatic rings. The number of carboxylic acid groups (broad SMARTS) is 1. The highest BCUT2D eigenvalue weighted by molar-refractivity contribution is 6.02. The Morgan fingerprint density at radius 1 is 1.07 bits per heavy atom. The Kier molecular flexibility index (Phi) is 6.96. The Balaban J connectivity index is 1.59. The summed E-state index contributed by atoms with van der Waals surface area (Å²) in [5.74, 6) is -1.71. The van der Waals surface area contributed by atoms with Crippen molar-refractivity contribution in [1.82, 2.24) is 4.98 Å². The fourth-order valence-electron chi connectivity index (χ4n) is 4.90. The smallest absolute Gasteiger partial charge is 0.417 e. The van der Waals surface area contributed by atoms with Gasteiger partial charge in [-0.25, -0.2) is 14.5 Å². The Morgan fingerprint density at radius 2 is 1.78 bits per heavy atom. The molecule has 1 aromatic heterocycles. The zero-order chi connectivity index (χ0) is 29.5. The number of H-pyrrole nitrogens is 1. The van der Waals surface area contributed by atoms with E-state index in [1.807, 2.05) is 12.1 Å². The van der Waals surface area contributed by atoms with Crippen LogP contribution in [0.3, 0.4) is 0 Å². The molecular weight excluding hydrogens is 528 g/mol. The highest BCUT2D eigenvalue weighted by Crippen LogP contribution is 2.40. The minimum Gasteiger partial charge on any atom is -0.508 e. The SMILES string of the molecule is CC(C)(C)OC(=O)N(c1ccc2c(c1)OC(c1ccc(O)cc1)CC2=O)C(O)(Cc1c[nH]c2ccccc12)C(=O)O. The number of hydrogen-bond donors (Lipinski definition) is 4. The predicted molar refractivity (Wildman–Crippen MR) is 150 cm³/mol. The lowest BCUT2D eigenvalue weighted by Gasteiger charge is -2.37. The number of fused-ring (bicyclic) bond motifs is 2. The summed E-state index contributed by atoms with van der Waals surface area (Å²) in [7, 11) is 0. The fraction of sp³-hybridized carbons (Fsp3) is 0.258. The number of aliphatic carboxylic acids is 1. The summed E-state index contributed by atoms with van der Waals surface area (Å²) in [6, 6.07) is 17.6. The van der Waals surface area contributed by atoms with Crippen molar-refractivity contribution in [2.24, 2.45) is 0 Å². The number of para-hydroxylation sites is 1. The lowest BCUT2D eigenvalue weighted by Crippen LogP contribution is -2.60. The van der Waals surface area contributed by atoms with Crippen LogP contribution in [0, 0.1) is 0 Å². The van der Waals surface area contributed by atoms with Gasteiger partial charge >= 0.3 is 12.1 Å². The number of nitrogens with one attached hydrogen (secondary N) is 1. The van der Waals surface area contributed by atoms with Crippen molar-refractivity contribution < 1.29 is 39.2 Å². The van der Waals surface area contributed by atoms with Crippen LogP contribution in [0.4, 0.5) is 10.5 Å². The molecule has 1 amide bonds. The van der Waals surface area contributed by atoms with Crippen molar-refractivity contribution in [3.05, 3.63) is 89.6 Å². The number of aliphatic hydroxyl groups is 1. The van der Waals surface area contributed by atoms with Crippen LogP contribution in [-0.4, -0.2) is 49.5 Å². The van der Waals surface area contributed by atoms with Crippen LogP contribution in [-0.2, 0) is 16.0 Å². The van der Waals surface area contributed by atoms with Crippen molar-refractivity contribution in [3.8, 4) is 11.5 Å². The molecule has 4 N–H and O–H groups in total. The van der Waals surface area contributed by atoms with Gasteiger partial charge in [0, 0.05) is 29.6 Å². The van der Waals surface area contributed by atoms with Gasteiger partial charge in [-0.1, -0.05) is 30.3 Å². The van der Waals surface area contributed by atoms with E-state index in [2.05, 4.69) is 4.98 Å². The second-order valence-corrected chi connectivity index (χ2v) is 11.0. The molecule has 212 valence electrons. The summed E-state index contributed by atoms with van der Waals surface area (Å²) < 4.78 is 11.7. The average Bonchev–Trinajstić information content (AvgIpc) is 3.30. The maximum atomic E-state index is 13.6. The summed E-state index contributed by atoms with van der Waals surface area (Å²) in [5, 5.41) is 32.5. The fourth-order valence-corrected chi connectivity index (χ4v) is 4.90. The number of hydrogen-bond acceptors (Lipinski definition) is 7. The van der Waals surface area contributed by atoms with Gasteiger partial charge in [0.05, 0.1) is 17.7 Å². The van der Waals surface area contributed by atoms with Crippen LogP contribution in [0.2, 0.25) is 0 Å². The van der Waals surface area contributed by atoms with Crippen LogP contribution in [0.25, 0.3) is 10.9 Å². The molecule has 0 aliphatic carbocycles. The van der Waals surface area contributed by atoms with Crippen molar-refractivity contribution >= 4 is 34.4 Å². The Hall–Kier alpha value is -4.83.